The van der Waals surface area contributed by atoms with E-state index in [2.05, 4.69) is 4.18 Å². The van der Waals surface area contributed by atoms with E-state index in [9.17, 15) is 8.42 Å². The fourth-order valence-corrected chi connectivity index (χ4v) is 0.447. The first-order valence-electron chi connectivity index (χ1n) is 4.47. The summed E-state index contributed by atoms with van der Waals surface area (Å²) in [7, 11) is -22.8. The third-order valence-electron chi connectivity index (χ3n) is 0.267. The van der Waals surface area contributed by atoms with Crippen molar-refractivity contribution in [1.82, 2.24) is 0 Å². The van der Waals surface area contributed by atoms with Gasteiger partial charge in [-0.15, -0.1) is 0 Å². The van der Waals surface area contributed by atoms with Crippen molar-refractivity contribution < 1.29 is 118 Å². The van der Waals surface area contributed by atoms with Gasteiger partial charge in [-0.05, 0) is 6.92 Å². The van der Waals surface area contributed by atoms with Crippen molar-refractivity contribution in [2.75, 3.05) is 6.61 Å². The summed E-state index contributed by atoms with van der Waals surface area (Å²) in [6.07, 6.45) is 0. The van der Waals surface area contributed by atoms with Crippen LogP contribution in [0.1, 0.15) is 8.35 Å². The molecule has 0 spiro atoms. The Bertz CT molecular complexity index is 724. The van der Waals surface area contributed by atoms with Crippen LogP contribution in [0.3, 0.4) is 0 Å². The van der Waals surface area contributed by atoms with Crippen LogP contribution in [0.2, 0.25) is 0 Å². The SMILES string of the molecule is CCOS(=O)(=O)O.O=S(=O)(O)O.O=S(=O)(O)O.O=S(=O)(O)O.O=S(=O)(O)O.[H-].[Na+]. The first kappa shape index (κ1) is 42.5. The molecule has 0 aliphatic heterocycles. The van der Waals surface area contributed by atoms with Crippen molar-refractivity contribution in [2.24, 2.45) is 0 Å². The van der Waals surface area contributed by atoms with Gasteiger partial charge in [-0.3, -0.25) is 41.0 Å². The van der Waals surface area contributed by atoms with E-state index in [0.29, 0.717) is 0 Å². The zero-order valence-corrected chi connectivity index (χ0v) is 19.3. The van der Waals surface area contributed by atoms with Gasteiger partial charge in [-0.1, -0.05) is 0 Å². The Hall–Kier alpha value is 0.350. The molecule has 0 fully saturated rings. The fourth-order valence-electron chi connectivity index (χ4n) is 0.149. The third-order valence-corrected chi connectivity index (χ3v) is 0.800. The zero-order valence-electron chi connectivity index (χ0n) is 14.3. The van der Waals surface area contributed by atoms with Crippen LogP contribution in [0.4, 0.5) is 0 Å². The molecule has 9 N–H and O–H groups in total. The average molecular weight is 542 g/mol. The van der Waals surface area contributed by atoms with Gasteiger partial charge in [0.2, 0.25) is 0 Å². The summed E-state index contributed by atoms with van der Waals surface area (Å²) in [5.41, 5.74) is 0. The van der Waals surface area contributed by atoms with Gasteiger partial charge >= 0.3 is 81.6 Å². The number of rotatable bonds is 2. The monoisotopic (exact) mass is 542 g/mol. The molecule has 26 heteroatoms. The number of hydrogen-bond acceptors (Lipinski definition) is 11. The zero-order chi connectivity index (χ0) is 23.9. The summed E-state index contributed by atoms with van der Waals surface area (Å²) in [4.78, 5) is 0. The molecule has 0 aliphatic rings. The molecular weight excluding hydrogens is 527 g/mol. The smallest absolute Gasteiger partial charge is 1.00 e. The predicted molar refractivity (Wildman–Crippen MR) is 81.0 cm³/mol. The minimum atomic E-state index is -4.67. The maximum Gasteiger partial charge on any atom is 1.00 e. The van der Waals surface area contributed by atoms with E-state index in [1.807, 2.05) is 0 Å². The molecule has 0 amide bonds. The van der Waals surface area contributed by atoms with E-state index in [0.717, 1.165) is 0 Å². The van der Waals surface area contributed by atoms with Gasteiger partial charge in [-0.2, -0.15) is 42.1 Å². The Kier molecular flexibility index (Phi) is 27.5. The van der Waals surface area contributed by atoms with Crippen molar-refractivity contribution in [1.29, 1.82) is 0 Å². The average Bonchev–Trinajstić information content (AvgIpc) is 2.01. The van der Waals surface area contributed by atoms with Crippen molar-refractivity contribution in [2.45, 2.75) is 6.92 Å². The normalized spacial score (nSPS) is 11.2. The van der Waals surface area contributed by atoms with Crippen molar-refractivity contribution >= 4 is 52.0 Å². The largest absolute Gasteiger partial charge is 1.00 e. The van der Waals surface area contributed by atoms with Crippen LogP contribution in [0, 0.1) is 0 Å². The van der Waals surface area contributed by atoms with Crippen LogP contribution in [0.15, 0.2) is 0 Å². The molecule has 0 aromatic heterocycles. The second-order valence-corrected chi connectivity index (χ2v) is 7.30. The van der Waals surface area contributed by atoms with E-state index < -0.39 is 52.0 Å². The molecule has 0 saturated heterocycles. The Morgan fingerprint density at radius 2 is 0.643 bits per heavy atom. The van der Waals surface area contributed by atoms with E-state index in [1.54, 1.807) is 0 Å². The maximum atomic E-state index is 9.56. The van der Waals surface area contributed by atoms with Gasteiger partial charge in [0.15, 0.2) is 0 Å². The van der Waals surface area contributed by atoms with Gasteiger partial charge in [0.1, 0.15) is 0 Å². The molecule has 0 saturated carbocycles. The van der Waals surface area contributed by atoms with Gasteiger partial charge in [0.25, 0.3) is 0 Å². The molecule has 0 heterocycles. The first-order valence-corrected chi connectivity index (χ1v) is 11.4. The van der Waals surface area contributed by atoms with Gasteiger partial charge in [0.05, 0.1) is 6.61 Å². The molecular formula is C2H15NaO20S5. The van der Waals surface area contributed by atoms with Crippen LogP contribution in [-0.2, 0) is 56.2 Å². The molecule has 28 heavy (non-hydrogen) atoms. The predicted octanol–water partition coefficient (Wildman–Crippen LogP) is -5.67. The van der Waals surface area contributed by atoms with Crippen molar-refractivity contribution in [3.05, 3.63) is 0 Å². The fraction of sp³-hybridized carbons (Fsp3) is 1.00. The first-order chi connectivity index (χ1) is 11.1. The molecule has 0 aliphatic carbocycles. The molecule has 174 valence electrons. The molecule has 0 aromatic rings. The Morgan fingerprint density at radius 3 is 0.643 bits per heavy atom. The quantitative estimate of drug-likeness (QED) is 0.116. The van der Waals surface area contributed by atoms with Gasteiger partial charge < -0.3 is 1.43 Å². The number of hydrogen-bond donors (Lipinski definition) is 9. The van der Waals surface area contributed by atoms with Gasteiger partial charge in [0, 0.05) is 0 Å². The van der Waals surface area contributed by atoms with E-state index in [-0.39, 0.29) is 37.6 Å². The molecule has 0 aromatic carbocycles. The molecule has 20 nitrogen and oxygen atoms in total. The Balaban J connectivity index is -0.0000000413. The summed E-state index contributed by atoms with van der Waals surface area (Å²) in [6, 6.07) is 0. The summed E-state index contributed by atoms with van der Waals surface area (Å²) in [5.74, 6) is 0. The molecule has 0 atom stereocenters. The summed E-state index contributed by atoms with van der Waals surface area (Å²) in [5, 5.41) is 0. The van der Waals surface area contributed by atoms with Crippen LogP contribution in [0.5, 0.6) is 0 Å². The minimum Gasteiger partial charge on any atom is -1.00 e. The topological polar surface area (TPSA) is 362 Å². The molecule has 0 radical (unpaired) electrons. The summed E-state index contributed by atoms with van der Waals surface area (Å²) < 4.78 is 157. The standard InChI is InChI=1S/C2H6O4S.Na.4H2O4S.H/c1-2-6-7(3,4)5;;4*1-5(2,3)4;/h2H2,1H3,(H,3,4,5);;4*(H2,1,2,3,4);/q;+1;;;;;-1. The van der Waals surface area contributed by atoms with E-state index >= 15 is 0 Å². The van der Waals surface area contributed by atoms with E-state index in [4.69, 9.17) is 74.6 Å². The summed E-state index contributed by atoms with van der Waals surface area (Å²) in [6.45, 7) is 1.44. The van der Waals surface area contributed by atoms with Gasteiger partial charge in [-0.25, -0.2) is 4.18 Å². The Morgan fingerprint density at radius 1 is 0.536 bits per heavy atom. The molecule has 0 bridgehead atoms. The Labute approximate surface area is 183 Å². The second kappa shape index (κ2) is 18.1. The van der Waals surface area contributed by atoms with E-state index in [1.165, 1.54) is 6.92 Å². The van der Waals surface area contributed by atoms with Crippen molar-refractivity contribution in [3.8, 4) is 0 Å². The van der Waals surface area contributed by atoms with Crippen LogP contribution >= 0.6 is 0 Å². The summed E-state index contributed by atoms with van der Waals surface area (Å²) >= 11 is 0. The van der Waals surface area contributed by atoms with Crippen LogP contribution in [0.25, 0.3) is 0 Å². The van der Waals surface area contributed by atoms with Crippen LogP contribution < -0.4 is 29.6 Å². The maximum absolute atomic E-state index is 9.56. The second-order valence-electron chi connectivity index (χ2n) is 2.63. The van der Waals surface area contributed by atoms with Crippen molar-refractivity contribution in [3.63, 3.8) is 0 Å². The molecule has 0 rings (SSSR count). The minimum absolute atomic E-state index is 0. The molecule has 0 unspecified atom stereocenters. The van der Waals surface area contributed by atoms with Crippen LogP contribution in [-0.4, -0.2) is 89.7 Å². The third kappa shape index (κ3) is 895.